The molecule has 3 fully saturated rings. The minimum Gasteiger partial charge on any atom is -0.378 e. The predicted octanol–water partition coefficient (Wildman–Crippen LogP) is 3.31. The Labute approximate surface area is 123 Å². The number of ether oxygens (including phenoxy) is 1. The van der Waals surface area contributed by atoms with Gasteiger partial charge in [0.2, 0.25) is 0 Å². The average molecular weight is 279 g/mol. The fourth-order valence-corrected chi connectivity index (χ4v) is 4.45. The van der Waals surface area contributed by atoms with Crippen LogP contribution in [0.5, 0.6) is 0 Å². The van der Waals surface area contributed by atoms with Crippen molar-refractivity contribution in [2.24, 2.45) is 0 Å². The lowest BCUT2D eigenvalue weighted by atomic mass is 9.85. The second-order valence-corrected chi connectivity index (χ2v) is 6.88. The van der Waals surface area contributed by atoms with Crippen molar-refractivity contribution >= 4 is 5.78 Å². The highest BCUT2D eigenvalue weighted by Gasteiger charge is 2.45. The average Bonchev–Trinajstić information content (AvgIpc) is 3.18. The molecule has 2 heterocycles. The molecule has 3 heteroatoms. The van der Waals surface area contributed by atoms with Gasteiger partial charge in [-0.05, 0) is 58.0 Å². The van der Waals surface area contributed by atoms with E-state index in [1.165, 1.54) is 38.5 Å². The summed E-state index contributed by atoms with van der Waals surface area (Å²) in [5.74, 6) is 0.521. The molecular formula is C17H29NO2. The minimum atomic E-state index is -0.0843. The maximum absolute atomic E-state index is 12.9. The van der Waals surface area contributed by atoms with Crippen molar-refractivity contribution < 1.29 is 9.53 Å². The van der Waals surface area contributed by atoms with Crippen LogP contribution in [0, 0.1) is 0 Å². The highest BCUT2D eigenvalue weighted by molar-refractivity contribution is 5.88. The standard InChI is InChI=1S/C17H29NO2/c19-16(9-8-15-7-6-14-20-15)17(10-2-3-11-17)18-12-4-1-5-13-18/h15H,1-14H2. The number of Topliss-reactive ketones (excluding diaryl/α,β-unsaturated/α-hetero) is 1. The molecule has 1 aliphatic carbocycles. The molecule has 0 bridgehead atoms. The Morgan fingerprint density at radius 2 is 1.80 bits per heavy atom. The van der Waals surface area contributed by atoms with Crippen LogP contribution in [-0.2, 0) is 9.53 Å². The Kier molecular flexibility index (Phi) is 4.77. The lowest BCUT2D eigenvalue weighted by Gasteiger charge is -2.42. The van der Waals surface area contributed by atoms with E-state index in [2.05, 4.69) is 4.90 Å². The lowest BCUT2D eigenvalue weighted by Crippen LogP contribution is -2.54. The monoisotopic (exact) mass is 279 g/mol. The first-order valence-corrected chi connectivity index (χ1v) is 8.71. The van der Waals surface area contributed by atoms with E-state index >= 15 is 0 Å². The number of nitrogens with zero attached hydrogens (tertiary/aromatic N) is 1. The van der Waals surface area contributed by atoms with E-state index in [9.17, 15) is 4.79 Å². The Bertz CT molecular complexity index is 324. The Hall–Kier alpha value is -0.410. The van der Waals surface area contributed by atoms with Gasteiger partial charge in [0.15, 0.2) is 5.78 Å². The van der Waals surface area contributed by atoms with Crippen LogP contribution in [0.15, 0.2) is 0 Å². The molecule has 1 atom stereocenters. The first kappa shape index (κ1) is 14.5. The van der Waals surface area contributed by atoms with Crippen LogP contribution in [0.1, 0.15) is 70.6 Å². The second kappa shape index (κ2) is 6.57. The van der Waals surface area contributed by atoms with E-state index in [1.807, 2.05) is 0 Å². The van der Waals surface area contributed by atoms with E-state index < -0.39 is 0 Å². The van der Waals surface area contributed by atoms with Crippen LogP contribution in [0.4, 0.5) is 0 Å². The normalized spacial score (nSPS) is 30.7. The zero-order valence-corrected chi connectivity index (χ0v) is 12.7. The number of carbonyl (C=O) groups excluding carboxylic acids is 1. The van der Waals surface area contributed by atoms with Gasteiger partial charge in [-0.3, -0.25) is 9.69 Å². The molecule has 3 nitrogen and oxygen atoms in total. The maximum atomic E-state index is 12.9. The first-order chi connectivity index (χ1) is 9.81. The van der Waals surface area contributed by atoms with Crippen molar-refractivity contribution in [1.82, 2.24) is 4.90 Å². The van der Waals surface area contributed by atoms with E-state index in [1.54, 1.807) is 0 Å². The van der Waals surface area contributed by atoms with Gasteiger partial charge in [-0.2, -0.15) is 0 Å². The van der Waals surface area contributed by atoms with Crippen LogP contribution in [0.2, 0.25) is 0 Å². The van der Waals surface area contributed by atoms with Crippen LogP contribution in [0.3, 0.4) is 0 Å². The molecule has 0 aromatic carbocycles. The molecular weight excluding hydrogens is 250 g/mol. The number of likely N-dealkylation sites (tertiary alicyclic amines) is 1. The molecule has 0 radical (unpaired) electrons. The van der Waals surface area contributed by atoms with E-state index in [0.717, 1.165) is 51.8 Å². The highest BCUT2D eigenvalue weighted by Crippen LogP contribution is 2.39. The molecule has 2 saturated heterocycles. The molecule has 1 saturated carbocycles. The van der Waals surface area contributed by atoms with Gasteiger partial charge < -0.3 is 4.74 Å². The van der Waals surface area contributed by atoms with E-state index in [-0.39, 0.29) is 5.54 Å². The number of hydrogen-bond donors (Lipinski definition) is 0. The van der Waals surface area contributed by atoms with Gasteiger partial charge in [0.1, 0.15) is 0 Å². The van der Waals surface area contributed by atoms with Gasteiger partial charge in [-0.25, -0.2) is 0 Å². The van der Waals surface area contributed by atoms with Gasteiger partial charge >= 0.3 is 0 Å². The van der Waals surface area contributed by atoms with Crippen LogP contribution < -0.4 is 0 Å². The largest absolute Gasteiger partial charge is 0.378 e. The number of hydrogen-bond acceptors (Lipinski definition) is 3. The van der Waals surface area contributed by atoms with Gasteiger partial charge in [0.05, 0.1) is 11.6 Å². The molecule has 2 aliphatic heterocycles. The van der Waals surface area contributed by atoms with Crippen LogP contribution in [0.25, 0.3) is 0 Å². The Morgan fingerprint density at radius 3 is 2.45 bits per heavy atom. The first-order valence-electron chi connectivity index (χ1n) is 8.71. The summed E-state index contributed by atoms with van der Waals surface area (Å²) in [4.78, 5) is 15.5. The third kappa shape index (κ3) is 2.94. The highest BCUT2D eigenvalue weighted by atomic mass is 16.5. The number of ketones is 1. The Balaban J connectivity index is 1.61. The zero-order valence-electron chi connectivity index (χ0n) is 12.7. The summed E-state index contributed by atoms with van der Waals surface area (Å²) in [7, 11) is 0. The lowest BCUT2D eigenvalue weighted by molar-refractivity contribution is -0.132. The molecule has 3 aliphatic rings. The summed E-state index contributed by atoms with van der Waals surface area (Å²) >= 11 is 0. The Morgan fingerprint density at radius 1 is 1.05 bits per heavy atom. The molecule has 0 N–H and O–H groups in total. The molecule has 3 rings (SSSR count). The van der Waals surface area contributed by atoms with Gasteiger partial charge in [-0.1, -0.05) is 19.3 Å². The third-order valence-electron chi connectivity index (χ3n) is 5.63. The van der Waals surface area contributed by atoms with Crippen LogP contribution >= 0.6 is 0 Å². The fourth-order valence-electron chi connectivity index (χ4n) is 4.45. The van der Waals surface area contributed by atoms with Crippen molar-refractivity contribution in [2.45, 2.75) is 82.3 Å². The molecule has 0 amide bonds. The predicted molar refractivity (Wildman–Crippen MR) is 79.8 cm³/mol. The quantitative estimate of drug-likeness (QED) is 0.773. The zero-order chi connectivity index (χ0) is 13.8. The minimum absolute atomic E-state index is 0.0843. The summed E-state index contributed by atoms with van der Waals surface area (Å²) in [6, 6.07) is 0. The number of piperidine rings is 1. The smallest absolute Gasteiger partial charge is 0.153 e. The van der Waals surface area contributed by atoms with Gasteiger partial charge in [0.25, 0.3) is 0 Å². The van der Waals surface area contributed by atoms with Crippen molar-refractivity contribution in [3.8, 4) is 0 Å². The van der Waals surface area contributed by atoms with Gasteiger partial charge in [0, 0.05) is 13.0 Å². The molecule has 0 aromatic rings. The topological polar surface area (TPSA) is 29.5 Å². The molecule has 0 aromatic heterocycles. The maximum Gasteiger partial charge on any atom is 0.153 e. The molecule has 20 heavy (non-hydrogen) atoms. The third-order valence-corrected chi connectivity index (χ3v) is 5.63. The summed E-state index contributed by atoms with van der Waals surface area (Å²) in [6.45, 7) is 3.19. The van der Waals surface area contributed by atoms with Crippen molar-refractivity contribution in [2.75, 3.05) is 19.7 Å². The number of rotatable bonds is 5. The SMILES string of the molecule is O=C(CCC1CCCO1)C1(N2CCCCC2)CCCC1. The summed E-state index contributed by atoms with van der Waals surface area (Å²) in [6.07, 6.45) is 13.0. The van der Waals surface area contributed by atoms with Crippen LogP contribution in [-0.4, -0.2) is 42.0 Å². The van der Waals surface area contributed by atoms with E-state index in [4.69, 9.17) is 4.74 Å². The van der Waals surface area contributed by atoms with E-state index in [0.29, 0.717) is 11.9 Å². The summed E-state index contributed by atoms with van der Waals surface area (Å²) < 4.78 is 5.68. The van der Waals surface area contributed by atoms with Crippen molar-refractivity contribution in [1.29, 1.82) is 0 Å². The van der Waals surface area contributed by atoms with Gasteiger partial charge in [-0.15, -0.1) is 0 Å². The summed E-state index contributed by atoms with van der Waals surface area (Å²) in [5, 5.41) is 0. The second-order valence-electron chi connectivity index (χ2n) is 6.88. The van der Waals surface area contributed by atoms with Crippen molar-refractivity contribution in [3.63, 3.8) is 0 Å². The molecule has 114 valence electrons. The fraction of sp³-hybridized carbons (Fsp3) is 0.941. The molecule has 0 spiro atoms. The number of carbonyl (C=O) groups is 1. The summed E-state index contributed by atoms with van der Waals surface area (Å²) in [5.41, 5.74) is -0.0843. The van der Waals surface area contributed by atoms with Crippen molar-refractivity contribution in [3.05, 3.63) is 0 Å². The molecule has 1 unspecified atom stereocenters.